The molecule has 1 aromatic heterocycles. The zero-order chi connectivity index (χ0) is 12.3. The first-order valence-corrected chi connectivity index (χ1v) is 5.19. The van der Waals surface area contributed by atoms with Gasteiger partial charge in [-0.2, -0.15) is 0 Å². The number of rotatable bonds is 2. The average molecular weight is 228 g/mol. The maximum atomic E-state index is 11.8. The monoisotopic (exact) mass is 228 g/mol. The molecule has 0 saturated heterocycles. The van der Waals surface area contributed by atoms with Gasteiger partial charge in [0.1, 0.15) is 11.4 Å². The molecule has 0 aliphatic rings. The molecule has 1 amide bonds. The Hall–Kier alpha value is -2.36. The van der Waals surface area contributed by atoms with Gasteiger partial charge in [0.05, 0.1) is 0 Å². The molecule has 4 nitrogen and oxygen atoms in total. The van der Waals surface area contributed by atoms with Crippen molar-refractivity contribution in [1.82, 2.24) is 4.98 Å². The van der Waals surface area contributed by atoms with Crippen LogP contribution in [0, 0.1) is 6.92 Å². The summed E-state index contributed by atoms with van der Waals surface area (Å²) in [5, 5.41) is 12.0. The summed E-state index contributed by atoms with van der Waals surface area (Å²) in [5.41, 5.74) is 1.83. The molecule has 2 N–H and O–H groups in total. The standard InChI is InChI=1S/C13H12N2O2/c1-9-8-10(16)5-6-11(9)15-13(17)12-4-2-3-7-14-12/h2-8,16H,1H3,(H,15,17). The van der Waals surface area contributed by atoms with Crippen molar-refractivity contribution in [1.29, 1.82) is 0 Å². The Balaban J connectivity index is 2.19. The van der Waals surface area contributed by atoms with Crippen LogP contribution in [0.5, 0.6) is 5.75 Å². The number of benzene rings is 1. The SMILES string of the molecule is Cc1cc(O)ccc1NC(=O)c1ccccn1. The van der Waals surface area contributed by atoms with E-state index in [0.29, 0.717) is 11.4 Å². The van der Waals surface area contributed by atoms with Crippen LogP contribution in [0.3, 0.4) is 0 Å². The van der Waals surface area contributed by atoms with Crippen molar-refractivity contribution in [2.75, 3.05) is 5.32 Å². The number of phenolic OH excluding ortho intramolecular Hbond substituents is 1. The summed E-state index contributed by atoms with van der Waals surface area (Å²) >= 11 is 0. The predicted octanol–water partition coefficient (Wildman–Crippen LogP) is 2.35. The topological polar surface area (TPSA) is 62.2 Å². The Labute approximate surface area is 98.9 Å². The molecule has 1 aromatic carbocycles. The van der Waals surface area contributed by atoms with Gasteiger partial charge in [-0.05, 0) is 42.8 Å². The molecular weight excluding hydrogens is 216 g/mol. The van der Waals surface area contributed by atoms with Gasteiger partial charge in [-0.25, -0.2) is 0 Å². The van der Waals surface area contributed by atoms with Crippen molar-refractivity contribution in [3.63, 3.8) is 0 Å². The summed E-state index contributed by atoms with van der Waals surface area (Å²) < 4.78 is 0. The first-order chi connectivity index (χ1) is 8.16. The minimum absolute atomic E-state index is 0.179. The van der Waals surface area contributed by atoms with Gasteiger partial charge in [-0.15, -0.1) is 0 Å². The lowest BCUT2D eigenvalue weighted by Gasteiger charge is -2.07. The number of nitrogens with one attached hydrogen (secondary N) is 1. The number of carbonyl (C=O) groups excluding carboxylic acids is 1. The minimum Gasteiger partial charge on any atom is -0.508 e. The molecule has 4 heteroatoms. The number of amides is 1. The summed E-state index contributed by atoms with van der Waals surface area (Å²) in [6, 6.07) is 9.93. The number of hydrogen-bond donors (Lipinski definition) is 2. The van der Waals surface area contributed by atoms with Crippen molar-refractivity contribution in [3.05, 3.63) is 53.9 Å². The van der Waals surface area contributed by atoms with Crippen molar-refractivity contribution >= 4 is 11.6 Å². The van der Waals surface area contributed by atoms with Crippen LogP contribution in [0.1, 0.15) is 16.1 Å². The molecule has 0 atom stereocenters. The lowest BCUT2D eigenvalue weighted by molar-refractivity contribution is 0.102. The molecule has 0 aliphatic carbocycles. The summed E-state index contributed by atoms with van der Waals surface area (Å²) in [6.07, 6.45) is 1.57. The van der Waals surface area contributed by atoms with Crippen LogP contribution in [0.2, 0.25) is 0 Å². The molecule has 2 rings (SSSR count). The largest absolute Gasteiger partial charge is 0.508 e. The van der Waals surface area contributed by atoms with E-state index in [2.05, 4.69) is 10.3 Å². The van der Waals surface area contributed by atoms with Crippen LogP contribution < -0.4 is 5.32 Å². The molecule has 0 aliphatic heterocycles. The van der Waals surface area contributed by atoms with Gasteiger partial charge in [0.15, 0.2) is 0 Å². The number of carbonyl (C=O) groups is 1. The third-order valence-electron chi connectivity index (χ3n) is 2.36. The summed E-state index contributed by atoms with van der Waals surface area (Å²) in [5.74, 6) is -0.0854. The fourth-order valence-electron chi connectivity index (χ4n) is 1.47. The van der Waals surface area contributed by atoms with Crippen LogP contribution in [0.25, 0.3) is 0 Å². The van der Waals surface area contributed by atoms with E-state index in [9.17, 15) is 9.90 Å². The van der Waals surface area contributed by atoms with Crippen LogP contribution in [-0.4, -0.2) is 16.0 Å². The highest BCUT2D eigenvalue weighted by molar-refractivity contribution is 6.03. The smallest absolute Gasteiger partial charge is 0.274 e. The Morgan fingerprint density at radius 3 is 2.76 bits per heavy atom. The van der Waals surface area contributed by atoms with E-state index >= 15 is 0 Å². The zero-order valence-electron chi connectivity index (χ0n) is 9.34. The van der Waals surface area contributed by atoms with Gasteiger partial charge in [0.2, 0.25) is 0 Å². The summed E-state index contributed by atoms with van der Waals surface area (Å²) in [6.45, 7) is 1.81. The quantitative estimate of drug-likeness (QED) is 0.775. The van der Waals surface area contributed by atoms with Gasteiger partial charge in [-0.3, -0.25) is 9.78 Å². The number of pyridine rings is 1. The van der Waals surface area contributed by atoms with Gasteiger partial charge < -0.3 is 10.4 Å². The normalized spacial score (nSPS) is 9.94. The second kappa shape index (κ2) is 4.65. The lowest BCUT2D eigenvalue weighted by atomic mass is 10.2. The third kappa shape index (κ3) is 2.60. The van der Waals surface area contributed by atoms with Gasteiger partial charge >= 0.3 is 0 Å². The van der Waals surface area contributed by atoms with E-state index in [-0.39, 0.29) is 11.7 Å². The lowest BCUT2D eigenvalue weighted by Crippen LogP contribution is -2.13. The maximum Gasteiger partial charge on any atom is 0.274 e. The van der Waals surface area contributed by atoms with Crippen molar-refractivity contribution in [2.45, 2.75) is 6.92 Å². The second-order valence-corrected chi connectivity index (χ2v) is 3.67. The van der Waals surface area contributed by atoms with Crippen LogP contribution in [0.4, 0.5) is 5.69 Å². The number of anilines is 1. The van der Waals surface area contributed by atoms with E-state index in [1.807, 2.05) is 6.92 Å². The Morgan fingerprint density at radius 1 is 1.29 bits per heavy atom. The van der Waals surface area contributed by atoms with Crippen LogP contribution in [0.15, 0.2) is 42.6 Å². The number of aryl methyl sites for hydroxylation is 1. The highest BCUT2D eigenvalue weighted by Crippen LogP contribution is 2.20. The van der Waals surface area contributed by atoms with Crippen LogP contribution in [-0.2, 0) is 0 Å². The highest BCUT2D eigenvalue weighted by atomic mass is 16.3. The summed E-state index contributed by atoms with van der Waals surface area (Å²) in [4.78, 5) is 15.8. The maximum absolute atomic E-state index is 11.8. The van der Waals surface area contributed by atoms with Gasteiger partial charge in [0, 0.05) is 11.9 Å². The molecule has 0 unspecified atom stereocenters. The fourth-order valence-corrected chi connectivity index (χ4v) is 1.47. The number of phenols is 1. The van der Waals surface area contributed by atoms with Gasteiger partial charge in [-0.1, -0.05) is 6.07 Å². The number of hydrogen-bond acceptors (Lipinski definition) is 3. The molecule has 0 spiro atoms. The highest BCUT2D eigenvalue weighted by Gasteiger charge is 2.08. The molecule has 0 saturated carbocycles. The Morgan fingerprint density at radius 2 is 2.12 bits per heavy atom. The molecule has 0 bridgehead atoms. The van der Waals surface area contributed by atoms with E-state index in [1.54, 1.807) is 36.5 Å². The van der Waals surface area contributed by atoms with Gasteiger partial charge in [0.25, 0.3) is 5.91 Å². The Kier molecular flexibility index (Phi) is 3.05. The first kappa shape index (κ1) is 11.1. The van der Waals surface area contributed by atoms with E-state index in [4.69, 9.17) is 0 Å². The van der Waals surface area contributed by atoms with Crippen molar-refractivity contribution in [2.24, 2.45) is 0 Å². The predicted molar refractivity (Wildman–Crippen MR) is 65.0 cm³/mol. The Bertz CT molecular complexity index is 538. The molecular formula is C13H12N2O2. The summed E-state index contributed by atoms with van der Waals surface area (Å²) in [7, 11) is 0. The first-order valence-electron chi connectivity index (χ1n) is 5.19. The van der Waals surface area contributed by atoms with Crippen molar-refractivity contribution < 1.29 is 9.90 Å². The molecule has 1 heterocycles. The van der Waals surface area contributed by atoms with E-state index in [1.165, 1.54) is 6.07 Å². The average Bonchev–Trinajstić information content (AvgIpc) is 2.34. The fraction of sp³-hybridized carbons (Fsp3) is 0.0769. The molecule has 86 valence electrons. The number of aromatic hydroxyl groups is 1. The van der Waals surface area contributed by atoms with Crippen molar-refractivity contribution in [3.8, 4) is 5.75 Å². The van der Waals surface area contributed by atoms with E-state index < -0.39 is 0 Å². The zero-order valence-corrected chi connectivity index (χ0v) is 9.34. The van der Waals surface area contributed by atoms with E-state index in [0.717, 1.165) is 5.56 Å². The number of aromatic nitrogens is 1. The molecule has 0 fully saturated rings. The molecule has 17 heavy (non-hydrogen) atoms. The van der Waals surface area contributed by atoms with Crippen LogP contribution >= 0.6 is 0 Å². The number of nitrogens with zero attached hydrogens (tertiary/aromatic N) is 1. The third-order valence-corrected chi connectivity index (χ3v) is 2.36. The second-order valence-electron chi connectivity index (χ2n) is 3.67. The molecule has 0 radical (unpaired) electrons. The minimum atomic E-state index is -0.264. The molecule has 2 aromatic rings.